The molecule has 0 saturated carbocycles. The predicted molar refractivity (Wildman–Crippen MR) is 130 cm³/mol. The number of fused-ring (bicyclic) bond motifs is 1. The van der Waals surface area contributed by atoms with Crippen LogP contribution in [-0.2, 0) is 0 Å². The number of thiophene rings is 1. The quantitative estimate of drug-likeness (QED) is 0.386. The topological polar surface area (TPSA) is 68.5 Å². The zero-order valence-corrected chi connectivity index (χ0v) is 18.5. The minimum absolute atomic E-state index is 0.255. The third kappa shape index (κ3) is 4.33. The van der Waals surface area contributed by atoms with Gasteiger partial charge in [0.25, 0.3) is 5.91 Å². The number of carbonyl (C=O) groups excluding carboxylic acids is 1. The Morgan fingerprint density at radius 3 is 2.79 bits per heavy atom. The van der Waals surface area contributed by atoms with E-state index in [1.54, 1.807) is 50.0 Å². The molecule has 0 unspecified atom stereocenters. The number of ether oxygens (including phenoxy) is 1. The molecule has 7 heteroatoms. The molecule has 6 nitrogen and oxygen atoms in total. The second-order valence-corrected chi connectivity index (χ2v) is 8.16. The number of methoxy groups -OCH3 is 1. The lowest BCUT2D eigenvalue weighted by atomic mass is 10.2. The Kier molecular flexibility index (Phi) is 5.58. The molecule has 0 bridgehead atoms. The summed E-state index contributed by atoms with van der Waals surface area (Å²) in [6.07, 6.45) is 5.09. The number of anilines is 1. The molecule has 0 spiro atoms. The van der Waals surface area contributed by atoms with E-state index in [0.717, 1.165) is 15.3 Å². The zero-order valence-electron chi connectivity index (χ0n) is 17.6. The summed E-state index contributed by atoms with van der Waals surface area (Å²) in [7, 11) is 1.57. The van der Waals surface area contributed by atoms with E-state index in [9.17, 15) is 4.79 Å². The second-order valence-electron chi connectivity index (χ2n) is 7.08. The first-order valence-electron chi connectivity index (χ1n) is 10.2. The van der Waals surface area contributed by atoms with Gasteiger partial charge in [-0.1, -0.05) is 36.1 Å². The van der Waals surface area contributed by atoms with Crippen LogP contribution in [0.25, 0.3) is 16.2 Å². The summed E-state index contributed by atoms with van der Waals surface area (Å²) in [6, 6.07) is 20.8. The molecule has 0 aliphatic heterocycles. The van der Waals surface area contributed by atoms with Crippen LogP contribution < -0.4 is 10.1 Å². The fraction of sp³-hybridized carbons (Fsp3) is 0.0385. The van der Waals surface area contributed by atoms with E-state index in [1.165, 1.54) is 11.3 Å². The molecule has 1 N–H and O–H groups in total. The van der Waals surface area contributed by atoms with Crippen molar-refractivity contribution in [3.8, 4) is 28.2 Å². The van der Waals surface area contributed by atoms with Crippen molar-refractivity contribution in [2.45, 2.75) is 0 Å². The number of nitrogens with one attached hydrogen (secondary N) is 1. The van der Waals surface area contributed by atoms with Crippen LogP contribution in [0.15, 0.2) is 85.3 Å². The van der Waals surface area contributed by atoms with E-state index in [2.05, 4.69) is 22.1 Å². The van der Waals surface area contributed by atoms with Crippen molar-refractivity contribution in [3.63, 3.8) is 0 Å². The first-order valence-corrected chi connectivity index (χ1v) is 11.0. The molecule has 2 aromatic carbocycles. The van der Waals surface area contributed by atoms with Gasteiger partial charge in [0.15, 0.2) is 5.65 Å². The van der Waals surface area contributed by atoms with Gasteiger partial charge < -0.3 is 10.1 Å². The van der Waals surface area contributed by atoms with Crippen LogP contribution in [0.2, 0.25) is 0 Å². The highest BCUT2D eigenvalue weighted by atomic mass is 32.1. The first kappa shape index (κ1) is 20.5. The third-order valence-electron chi connectivity index (χ3n) is 4.94. The van der Waals surface area contributed by atoms with Gasteiger partial charge >= 0.3 is 0 Å². The smallest absolute Gasteiger partial charge is 0.256 e. The van der Waals surface area contributed by atoms with E-state index >= 15 is 0 Å². The normalized spacial score (nSPS) is 10.5. The van der Waals surface area contributed by atoms with Gasteiger partial charge in [-0.15, -0.1) is 11.3 Å². The Morgan fingerprint density at radius 1 is 1.06 bits per heavy atom. The summed E-state index contributed by atoms with van der Waals surface area (Å²) >= 11 is 1.52. The molecule has 3 aromatic heterocycles. The zero-order chi connectivity index (χ0) is 22.6. The molecular formula is C26H18N4O2S. The first-order chi connectivity index (χ1) is 16.2. The number of hydrogen-bond donors (Lipinski definition) is 1. The van der Waals surface area contributed by atoms with Crippen molar-refractivity contribution in [2.75, 3.05) is 12.4 Å². The molecule has 3 heterocycles. The van der Waals surface area contributed by atoms with Crippen LogP contribution in [0.1, 0.15) is 20.8 Å². The number of benzene rings is 2. The molecule has 0 saturated heterocycles. The Bertz CT molecular complexity index is 1510. The van der Waals surface area contributed by atoms with Gasteiger partial charge in [0.2, 0.25) is 0 Å². The van der Waals surface area contributed by atoms with E-state index < -0.39 is 0 Å². The number of aromatic nitrogens is 3. The van der Waals surface area contributed by atoms with Crippen molar-refractivity contribution in [1.82, 2.24) is 14.4 Å². The van der Waals surface area contributed by atoms with Crippen molar-refractivity contribution < 1.29 is 9.53 Å². The Labute approximate surface area is 194 Å². The van der Waals surface area contributed by atoms with Crippen LogP contribution in [0.3, 0.4) is 0 Å². The van der Waals surface area contributed by atoms with Crippen LogP contribution in [-0.4, -0.2) is 27.4 Å². The maximum Gasteiger partial charge on any atom is 0.256 e. The highest BCUT2D eigenvalue weighted by Crippen LogP contribution is 2.34. The van der Waals surface area contributed by atoms with Gasteiger partial charge in [0.05, 0.1) is 23.1 Å². The standard InChI is InChI=1S/C26H18N4O2S/c1-32-20-9-5-8-19(16-20)26(31)29-25-24(28-23-17-27-14-15-30(23)25)22-13-12-21(33-22)11-10-18-6-3-2-4-7-18/h2-9,12-17H,1H3,(H,29,31). The van der Waals surface area contributed by atoms with Gasteiger partial charge in [-0.05, 0) is 42.5 Å². The Hall–Kier alpha value is -4.41. The largest absolute Gasteiger partial charge is 0.497 e. The fourth-order valence-electron chi connectivity index (χ4n) is 3.33. The van der Waals surface area contributed by atoms with Gasteiger partial charge in [-0.2, -0.15) is 0 Å². The average molecular weight is 451 g/mol. The van der Waals surface area contributed by atoms with Crippen LogP contribution >= 0.6 is 11.3 Å². The van der Waals surface area contributed by atoms with Crippen molar-refractivity contribution >= 4 is 28.7 Å². The number of carbonyl (C=O) groups is 1. The van der Waals surface area contributed by atoms with Gasteiger partial charge in [-0.3, -0.25) is 14.2 Å². The molecule has 0 fully saturated rings. The molecule has 1 amide bonds. The van der Waals surface area contributed by atoms with Gasteiger partial charge in [0.1, 0.15) is 17.3 Å². The molecule has 0 atom stereocenters. The van der Waals surface area contributed by atoms with Crippen LogP contribution in [0.5, 0.6) is 5.75 Å². The van der Waals surface area contributed by atoms with Crippen molar-refractivity contribution in [2.24, 2.45) is 0 Å². The van der Waals surface area contributed by atoms with Gasteiger partial charge in [-0.25, -0.2) is 4.98 Å². The highest BCUT2D eigenvalue weighted by molar-refractivity contribution is 7.16. The van der Waals surface area contributed by atoms with Crippen LogP contribution in [0.4, 0.5) is 5.82 Å². The SMILES string of the molecule is COc1cccc(C(=O)Nc2c(-c3ccc(C#Cc4ccccc4)s3)nc3cnccn23)c1. The van der Waals surface area contributed by atoms with E-state index in [4.69, 9.17) is 9.72 Å². The molecule has 0 radical (unpaired) electrons. The van der Waals surface area contributed by atoms with E-state index in [-0.39, 0.29) is 5.91 Å². The molecule has 5 aromatic rings. The lowest BCUT2D eigenvalue weighted by Crippen LogP contribution is -2.14. The molecule has 160 valence electrons. The van der Waals surface area contributed by atoms with Crippen molar-refractivity contribution in [1.29, 1.82) is 0 Å². The monoisotopic (exact) mass is 450 g/mol. The summed E-state index contributed by atoms with van der Waals surface area (Å²) in [6.45, 7) is 0. The van der Waals surface area contributed by atoms with E-state index in [1.807, 2.05) is 46.9 Å². The number of rotatable bonds is 4. The molecule has 0 aliphatic rings. The minimum Gasteiger partial charge on any atom is -0.497 e. The van der Waals surface area contributed by atoms with Crippen molar-refractivity contribution in [3.05, 3.63) is 101 Å². The summed E-state index contributed by atoms with van der Waals surface area (Å²) in [5, 5.41) is 3.02. The molecule has 5 rings (SSSR count). The number of imidazole rings is 1. The molecule has 33 heavy (non-hydrogen) atoms. The summed E-state index contributed by atoms with van der Waals surface area (Å²) in [4.78, 5) is 23.7. The number of hydrogen-bond acceptors (Lipinski definition) is 5. The summed E-state index contributed by atoms with van der Waals surface area (Å²) in [5.74, 6) is 7.31. The summed E-state index contributed by atoms with van der Waals surface area (Å²) in [5.41, 5.74) is 2.75. The van der Waals surface area contributed by atoms with Gasteiger partial charge in [0, 0.05) is 23.5 Å². The third-order valence-corrected chi connectivity index (χ3v) is 5.94. The highest BCUT2D eigenvalue weighted by Gasteiger charge is 2.19. The Balaban J connectivity index is 1.51. The number of nitrogens with zero attached hydrogens (tertiary/aromatic N) is 3. The second kappa shape index (κ2) is 8.99. The predicted octanol–water partition coefficient (Wildman–Crippen LogP) is 5.12. The summed E-state index contributed by atoms with van der Waals surface area (Å²) < 4.78 is 7.06. The maximum absolute atomic E-state index is 13.0. The average Bonchev–Trinajstić information content (AvgIpc) is 3.48. The molecular weight excluding hydrogens is 432 g/mol. The minimum atomic E-state index is -0.255. The Morgan fingerprint density at radius 2 is 1.94 bits per heavy atom. The lowest BCUT2D eigenvalue weighted by Gasteiger charge is -2.08. The molecule has 0 aliphatic carbocycles. The fourth-order valence-corrected chi connectivity index (χ4v) is 4.18. The van der Waals surface area contributed by atoms with Crippen LogP contribution in [0, 0.1) is 11.8 Å². The van der Waals surface area contributed by atoms with E-state index in [0.29, 0.717) is 28.5 Å². The number of amides is 1. The maximum atomic E-state index is 13.0. The lowest BCUT2D eigenvalue weighted by molar-refractivity contribution is 0.102.